The average molecular weight is 412 g/mol. The number of halogens is 1. The van der Waals surface area contributed by atoms with Crippen molar-refractivity contribution in [3.05, 3.63) is 35.4 Å². The monoisotopic (exact) mass is 411 g/mol. The molecule has 2 saturated heterocycles. The Morgan fingerprint density at radius 1 is 1.18 bits per heavy atom. The SMILES string of the molecule is CC1CN(C(=O)c2ccc(CNC(=O)CC3COCCN3)cc2)CC(C)O1.Cl. The fourth-order valence-corrected chi connectivity index (χ4v) is 3.54. The zero-order valence-corrected chi connectivity index (χ0v) is 17.3. The number of carbonyl (C=O) groups excluding carboxylic acids is 2. The quantitative estimate of drug-likeness (QED) is 0.764. The van der Waals surface area contributed by atoms with E-state index >= 15 is 0 Å². The molecule has 2 N–H and O–H groups in total. The summed E-state index contributed by atoms with van der Waals surface area (Å²) in [5.74, 6) is 0.0189. The number of amides is 2. The molecule has 2 aliphatic heterocycles. The van der Waals surface area contributed by atoms with E-state index in [0.29, 0.717) is 44.8 Å². The molecular formula is C20H30ClN3O4. The maximum absolute atomic E-state index is 12.7. The van der Waals surface area contributed by atoms with Gasteiger partial charge in [-0.1, -0.05) is 12.1 Å². The van der Waals surface area contributed by atoms with Crippen LogP contribution in [-0.4, -0.2) is 67.8 Å². The minimum Gasteiger partial charge on any atom is -0.378 e. The highest BCUT2D eigenvalue weighted by atomic mass is 35.5. The molecule has 3 unspecified atom stereocenters. The molecule has 28 heavy (non-hydrogen) atoms. The van der Waals surface area contributed by atoms with Crippen molar-refractivity contribution in [2.24, 2.45) is 0 Å². The number of rotatable bonds is 5. The molecule has 0 radical (unpaired) electrons. The second kappa shape index (κ2) is 10.8. The van der Waals surface area contributed by atoms with Crippen LogP contribution in [0.15, 0.2) is 24.3 Å². The van der Waals surface area contributed by atoms with E-state index in [1.807, 2.05) is 43.0 Å². The number of hydrogen-bond acceptors (Lipinski definition) is 5. The lowest BCUT2D eigenvalue weighted by Gasteiger charge is -2.35. The minimum absolute atomic E-state index is 0. The van der Waals surface area contributed by atoms with Gasteiger partial charge in [0.1, 0.15) is 0 Å². The standard InChI is InChI=1S/C20H29N3O4.ClH/c1-14-11-23(12-15(2)27-14)20(25)17-5-3-16(4-6-17)10-22-19(24)9-18-13-26-8-7-21-18;/h3-6,14-15,18,21H,7-13H2,1-2H3,(H,22,24);1H. The minimum atomic E-state index is -0.00514. The average Bonchev–Trinajstić information content (AvgIpc) is 2.66. The molecule has 0 aliphatic carbocycles. The van der Waals surface area contributed by atoms with Crippen molar-refractivity contribution in [1.82, 2.24) is 15.5 Å². The summed E-state index contributed by atoms with van der Waals surface area (Å²) in [5.41, 5.74) is 1.63. The predicted molar refractivity (Wildman–Crippen MR) is 109 cm³/mol. The van der Waals surface area contributed by atoms with E-state index in [4.69, 9.17) is 9.47 Å². The topological polar surface area (TPSA) is 79.9 Å². The lowest BCUT2D eigenvalue weighted by atomic mass is 10.1. The number of benzene rings is 1. The summed E-state index contributed by atoms with van der Waals surface area (Å²) in [6.07, 6.45) is 0.511. The summed E-state index contributed by atoms with van der Waals surface area (Å²) in [6, 6.07) is 7.51. The van der Waals surface area contributed by atoms with Crippen LogP contribution in [0.5, 0.6) is 0 Å². The summed E-state index contributed by atoms with van der Waals surface area (Å²) >= 11 is 0. The molecule has 2 fully saturated rings. The van der Waals surface area contributed by atoms with Crippen LogP contribution in [-0.2, 0) is 20.8 Å². The summed E-state index contributed by atoms with van der Waals surface area (Å²) in [4.78, 5) is 26.6. The summed E-state index contributed by atoms with van der Waals surface area (Å²) in [7, 11) is 0. The largest absolute Gasteiger partial charge is 0.378 e. The number of hydrogen-bond donors (Lipinski definition) is 2. The number of morpholine rings is 2. The molecule has 2 amide bonds. The van der Waals surface area contributed by atoms with Gasteiger partial charge in [0.25, 0.3) is 5.91 Å². The summed E-state index contributed by atoms with van der Waals surface area (Å²) in [5, 5.41) is 6.19. The van der Waals surface area contributed by atoms with Gasteiger partial charge < -0.3 is 25.0 Å². The fourth-order valence-electron chi connectivity index (χ4n) is 3.54. The van der Waals surface area contributed by atoms with Gasteiger partial charge >= 0.3 is 0 Å². The predicted octanol–water partition coefficient (Wildman–Crippen LogP) is 1.35. The Hall–Kier alpha value is -1.67. The van der Waals surface area contributed by atoms with Crippen LogP contribution in [0.1, 0.15) is 36.2 Å². The Labute approximate surface area is 172 Å². The fraction of sp³-hybridized carbons (Fsp3) is 0.600. The van der Waals surface area contributed by atoms with Crippen LogP contribution in [0.3, 0.4) is 0 Å². The number of nitrogens with zero attached hydrogens (tertiary/aromatic N) is 1. The molecular weight excluding hydrogens is 382 g/mol. The van der Waals surface area contributed by atoms with Crippen molar-refractivity contribution in [3.8, 4) is 0 Å². The molecule has 1 aromatic carbocycles. The van der Waals surface area contributed by atoms with Gasteiger partial charge in [-0.3, -0.25) is 9.59 Å². The van der Waals surface area contributed by atoms with E-state index in [0.717, 1.165) is 12.1 Å². The zero-order valence-electron chi connectivity index (χ0n) is 16.5. The maximum atomic E-state index is 12.7. The molecule has 0 spiro atoms. The smallest absolute Gasteiger partial charge is 0.254 e. The Balaban J connectivity index is 0.00000280. The number of carbonyl (C=O) groups is 2. The van der Waals surface area contributed by atoms with E-state index in [2.05, 4.69) is 10.6 Å². The van der Waals surface area contributed by atoms with Gasteiger partial charge in [-0.2, -0.15) is 0 Å². The first kappa shape index (κ1) is 22.6. The highest BCUT2D eigenvalue weighted by Crippen LogP contribution is 2.15. The Morgan fingerprint density at radius 3 is 2.46 bits per heavy atom. The molecule has 0 bridgehead atoms. The maximum Gasteiger partial charge on any atom is 0.254 e. The van der Waals surface area contributed by atoms with E-state index < -0.39 is 0 Å². The van der Waals surface area contributed by atoms with Crippen LogP contribution in [0.4, 0.5) is 0 Å². The highest BCUT2D eigenvalue weighted by Gasteiger charge is 2.26. The van der Waals surface area contributed by atoms with Crippen molar-refractivity contribution in [2.75, 3.05) is 32.8 Å². The molecule has 0 saturated carbocycles. The van der Waals surface area contributed by atoms with E-state index in [9.17, 15) is 9.59 Å². The van der Waals surface area contributed by atoms with Crippen molar-refractivity contribution >= 4 is 24.2 Å². The Kier molecular flexibility index (Phi) is 8.69. The molecule has 7 nitrogen and oxygen atoms in total. The van der Waals surface area contributed by atoms with Gasteiger partial charge in [0.05, 0.1) is 25.4 Å². The normalized spacial score (nSPS) is 24.9. The molecule has 1 aromatic rings. The molecule has 8 heteroatoms. The Bertz CT molecular complexity index is 639. The lowest BCUT2D eigenvalue weighted by molar-refractivity contribution is -0.122. The van der Waals surface area contributed by atoms with Gasteiger partial charge in [-0.25, -0.2) is 0 Å². The van der Waals surface area contributed by atoms with Crippen molar-refractivity contribution in [2.45, 2.75) is 45.1 Å². The third-order valence-electron chi connectivity index (χ3n) is 4.83. The van der Waals surface area contributed by atoms with E-state index in [1.54, 1.807) is 0 Å². The molecule has 0 aromatic heterocycles. The van der Waals surface area contributed by atoms with Crippen molar-refractivity contribution in [1.29, 1.82) is 0 Å². The van der Waals surface area contributed by atoms with Crippen molar-refractivity contribution < 1.29 is 19.1 Å². The van der Waals surface area contributed by atoms with Crippen LogP contribution in [0, 0.1) is 0 Å². The van der Waals surface area contributed by atoms with Crippen LogP contribution in [0.2, 0.25) is 0 Å². The first-order valence-corrected chi connectivity index (χ1v) is 9.63. The zero-order chi connectivity index (χ0) is 19.2. The molecule has 156 valence electrons. The van der Waals surface area contributed by atoms with E-state index in [-0.39, 0.29) is 42.5 Å². The lowest BCUT2D eigenvalue weighted by Crippen LogP contribution is -2.48. The third-order valence-corrected chi connectivity index (χ3v) is 4.83. The summed E-state index contributed by atoms with van der Waals surface area (Å²) < 4.78 is 11.0. The Morgan fingerprint density at radius 2 is 1.86 bits per heavy atom. The number of ether oxygens (including phenoxy) is 2. The van der Waals surface area contributed by atoms with Crippen molar-refractivity contribution in [3.63, 3.8) is 0 Å². The third kappa shape index (κ3) is 6.44. The first-order valence-electron chi connectivity index (χ1n) is 9.63. The molecule has 2 aliphatic rings. The summed E-state index contributed by atoms with van der Waals surface area (Å²) in [6.45, 7) is 7.70. The second-order valence-corrected chi connectivity index (χ2v) is 7.37. The van der Waals surface area contributed by atoms with Gasteiger partial charge in [0.2, 0.25) is 5.91 Å². The van der Waals surface area contributed by atoms with Gasteiger partial charge in [-0.05, 0) is 31.5 Å². The molecule has 3 atom stereocenters. The highest BCUT2D eigenvalue weighted by molar-refractivity contribution is 5.94. The van der Waals surface area contributed by atoms with E-state index in [1.165, 1.54) is 0 Å². The van der Waals surface area contributed by atoms with Crippen LogP contribution < -0.4 is 10.6 Å². The number of nitrogens with one attached hydrogen (secondary N) is 2. The van der Waals surface area contributed by atoms with Crippen LogP contribution >= 0.6 is 12.4 Å². The van der Waals surface area contributed by atoms with Gasteiger partial charge in [-0.15, -0.1) is 12.4 Å². The van der Waals surface area contributed by atoms with Crippen LogP contribution in [0.25, 0.3) is 0 Å². The van der Waals surface area contributed by atoms with Gasteiger partial charge in [0.15, 0.2) is 0 Å². The van der Waals surface area contributed by atoms with Gasteiger partial charge in [0, 0.05) is 44.2 Å². The molecule has 2 heterocycles. The molecule has 3 rings (SSSR count). The first-order chi connectivity index (χ1) is 13.0. The second-order valence-electron chi connectivity index (χ2n) is 7.37.